The molecule has 1 atom stereocenters. The van der Waals surface area contributed by atoms with Gasteiger partial charge < -0.3 is 5.32 Å². The molecule has 0 aliphatic rings. The van der Waals surface area contributed by atoms with Gasteiger partial charge >= 0.3 is 6.18 Å². The van der Waals surface area contributed by atoms with Gasteiger partial charge in [0.05, 0.1) is 11.6 Å². The molecule has 0 aliphatic carbocycles. The molecule has 0 heterocycles. The van der Waals surface area contributed by atoms with Crippen molar-refractivity contribution in [2.24, 2.45) is 0 Å². The van der Waals surface area contributed by atoms with Crippen LogP contribution in [0.1, 0.15) is 22.7 Å². The number of benzene rings is 2. The van der Waals surface area contributed by atoms with Gasteiger partial charge in [-0.25, -0.2) is 0 Å². The van der Waals surface area contributed by atoms with Gasteiger partial charge in [-0.3, -0.25) is 0 Å². The van der Waals surface area contributed by atoms with E-state index in [1.807, 2.05) is 24.3 Å². The van der Waals surface area contributed by atoms with Gasteiger partial charge in [0.1, 0.15) is 0 Å². The molecule has 20 heavy (non-hydrogen) atoms. The fourth-order valence-corrected chi connectivity index (χ4v) is 2.76. The van der Waals surface area contributed by atoms with E-state index in [1.165, 1.54) is 12.1 Å². The third-order valence-electron chi connectivity index (χ3n) is 3.05. The molecular formula is C15H13F3IN. The summed E-state index contributed by atoms with van der Waals surface area (Å²) >= 11 is 2.15. The van der Waals surface area contributed by atoms with Crippen molar-refractivity contribution in [2.45, 2.75) is 12.2 Å². The van der Waals surface area contributed by atoms with Crippen LogP contribution in [-0.2, 0) is 6.18 Å². The second-order valence-corrected chi connectivity index (χ2v) is 5.61. The van der Waals surface area contributed by atoms with Crippen molar-refractivity contribution in [1.82, 2.24) is 5.32 Å². The first-order valence-corrected chi connectivity index (χ1v) is 7.10. The first-order chi connectivity index (χ1) is 9.43. The summed E-state index contributed by atoms with van der Waals surface area (Å²) in [4.78, 5) is 0. The second kappa shape index (κ2) is 6.13. The maximum atomic E-state index is 13.1. The SMILES string of the molecule is CNC(c1cccc(I)c1)c1ccccc1C(F)(F)F. The van der Waals surface area contributed by atoms with Crippen LogP contribution in [0.4, 0.5) is 13.2 Å². The van der Waals surface area contributed by atoms with Crippen molar-refractivity contribution in [3.05, 3.63) is 68.8 Å². The average Bonchev–Trinajstić information content (AvgIpc) is 2.39. The van der Waals surface area contributed by atoms with E-state index in [0.717, 1.165) is 15.2 Å². The van der Waals surface area contributed by atoms with Crippen LogP contribution in [0, 0.1) is 3.57 Å². The van der Waals surface area contributed by atoms with Gasteiger partial charge in [0.25, 0.3) is 0 Å². The van der Waals surface area contributed by atoms with Gasteiger partial charge in [0.15, 0.2) is 0 Å². The zero-order chi connectivity index (χ0) is 14.8. The van der Waals surface area contributed by atoms with Crippen LogP contribution in [0.2, 0.25) is 0 Å². The maximum Gasteiger partial charge on any atom is 0.416 e. The van der Waals surface area contributed by atoms with Gasteiger partial charge in [-0.1, -0.05) is 30.3 Å². The van der Waals surface area contributed by atoms with Crippen molar-refractivity contribution in [3.8, 4) is 0 Å². The predicted octanol–water partition coefficient (Wildman–Crippen LogP) is 4.62. The number of alkyl halides is 3. The van der Waals surface area contributed by atoms with Crippen LogP contribution in [-0.4, -0.2) is 7.05 Å². The zero-order valence-electron chi connectivity index (χ0n) is 10.7. The Bertz CT molecular complexity index is 596. The third kappa shape index (κ3) is 3.32. The Balaban J connectivity index is 2.53. The molecule has 0 spiro atoms. The third-order valence-corrected chi connectivity index (χ3v) is 3.72. The summed E-state index contributed by atoms with van der Waals surface area (Å²) in [5.41, 5.74) is 0.457. The van der Waals surface area contributed by atoms with E-state index < -0.39 is 17.8 Å². The maximum absolute atomic E-state index is 13.1. The summed E-state index contributed by atoms with van der Waals surface area (Å²) in [5, 5.41) is 2.97. The van der Waals surface area contributed by atoms with Crippen molar-refractivity contribution < 1.29 is 13.2 Å². The Kier molecular flexibility index (Phi) is 4.70. The lowest BCUT2D eigenvalue weighted by molar-refractivity contribution is -0.138. The molecular weight excluding hydrogens is 378 g/mol. The average molecular weight is 391 g/mol. The molecule has 0 aliphatic heterocycles. The Hall–Kier alpha value is -1.08. The lowest BCUT2D eigenvalue weighted by atomic mass is 9.94. The summed E-state index contributed by atoms with van der Waals surface area (Å²) < 4.78 is 40.3. The summed E-state index contributed by atoms with van der Waals surface area (Å²) in [5.74, 6) is 0. The molecule has 106 valence electrons. The Morgan fingerprint density at radius 3 is 2.35 bits per heavy atom. The molecule has 0 bridgehead atoms. The molecule has 1 unspecified atom stereocenters. The Labute approximate surface area is 129 Å². The van der Waals surface area contributed by atoms with Crippen LogP contribution in [0.5, 0.6) is 0 Å². The van der Waals surface area contributed by atoms with E-state index in [1.54, 1.807) is 13.1 Å². The molecule has 2 rings (SSSR count). The minimum absolute atomic E-state index is 0.240. The molecule has 0 aromatic heterocycles. The molecule has 5 heteroatoms. The van der Waals surface area contributed by atoms with E-state index in [9.17, 15) is 13.2 Å². The number of halogens is 4. The summed E-state index contributed by atoms with van der Waals surface area (Å²) in [6, 6.07) is 12.7. The quantitative estimate of drug-likeness (QED) is 0.754. The van der Waals surface area contributed by atoms with Crippen LogP contribution >= 0.6 is 22.6 Å². The molecule has 0 saturated heterocycles. The van der Waals surface area contributed by atoms with Crippen molar-refractivity contribution in [1.29, 1.82) is 0 Å². The Morgan fingerprint density at radius 1 is 1.05 bits per heavy atom. The molecule has 0 saturated carbocycles. The van der Waals surface area contributed by atoms with Gasteiger partial charge in [-0.2, -0.15) is 13.2 Å². The lowest BCUT2D eigenvalue weighted by Gasteiger charge is -2.22. The second-order valence-electron chi connectivity index (χ2n) is 4.36. The van der Waals surface area contributed by atoms with E-state index in [2.05, 4.69) is 27.9 Å². The number of rotatable bonds is 3. The minimum Gasteiger partial charge on any atom is -0.309 e. The number of hydrogen-bond acceptors (Lipinski definition) is 1. The highest BCUT2D eigenvalue weighted by molar-refractivity contribution is 14.1. The molecule has 1 N–H and O–H groups in total. The van der Waals surface area contributed by atoms with E-state index in [4.69, 9.17) is 0 Å². The largest absolute Gasteiger partial charge is 0.416 e. The Morgan fingerprint density at radius 2 is 1.75 bits per heavy atom. The molecule has 0 radical (unpaired) electrons. The normalized spacial score (nSPS) is 13.2. The molecule has 2 aromatic rings. The minimum atomic E-state index is -4.35. The van der Waals surface area contributed by atoms with E-state index in [-0.39, 0.29) is 5.56 Å². The van der Waals surface area contributed by atoms with Gasteiger partial charge in [-0.15, -0.1) is 0 Å². The molecule has 0 fully saturated rings. The van der Waals surface area contributed by atoms with Crippen molar-refractivity contribution in [3.63, 3.8) is 0 Å². The molecule has 1 nitrogen and oxygen atoms in total. The van der Waals surface area contributed by atoms with E-state index >= 15 is 0 Å². The summed E-state index contributed by atoms with van der Waals surface area (Å²) in [7, 11) is 1.66. The highest BCUT2D eigenvalue weighted by Crippen LogP contribution is 2.36. The van der Waals surface area contributed by atoms with Crippen LogP contribution < -0.4 is 5.32 Å². The lowest BCUT2D eigenvalue weighted by Crippen LogP contribution is -2.22. The van der Waals surface area contributed by atoms with E-state index in [0.29, 0.717) is 0 Å². The molecule has 0 amide bonds. The molecule has 2 aromatic carbocycles. The topological polar surface area (TPSA) is 12.0 Å². The fourth-order valence-electron chi connectivity index (χ4n) is 2.19. The number of nitrogens with one attached hydrogen (secondary N) is 1. The first kappa shape index (κ1) is 15.3. The summed E-state index contributed by atoms with van der Waals surface area (Å²) in [6.45, 7) is 0. The smallest absolute Gasteiger partial charge is 0.309 e. The number of hydrogen-bond donors (Lipinski definition) is 1. The highest BCUT2D eigenvalue weighted by Gasteiger charge is 2.34. The first-order valence-electron chi connectivity index (χ1n) is 6.02. The van der Waals surface area contributed by atoms with Gasteiger partial charge in [0.2, 0.25) is 0 Å². The fraction of sp³-hybridized carbons (Fsp3) is 0.200. The van der Waals surface area contributed by atoms with Crippen LogP contribution in [0.3, 0.4) is 0 Å². The standard InChI is InChI=1S/C15H13F3IN/c1-20-14(10-5-4-6-11(19)9-10)12-7-2-3-8-13(12)15(16,17)18/h2-9,14,20H,1H3. The van der Waals surface area contributed by atoms with Gasteiger partial charge in [-0.05, 0) is 59.0 Å². The monoisotopic (exact) mass is 391 g/mol. The van der Waals surface area contributed by atoms with Crippen molar-refractivity contribution in [2.75, 3.05) is 7.05 Å². The van der Waals surface area contributed by atoms with Crippen LogP contribution in [0.25, 0.3) is 0 Å². The van der Waals surface area contributed by atoms with Crippen molar-refractivity contribution >= 4 is 22.6 Å². The van der Waals surface area contributed by atoms with Crippen LogP contribution in [0.15, 0.2) is 48.5 Å². The summed E-state index contributed by atoms with van der Waals surface area (Å²) in [6.07, 6.45) is -4.35. The van der Waals surface area contributed by atoms with Gasteiger partial charge in [0, 0.05) is 3.57 Å². The predicted molar refractivity (Wildman–Crippen MR) is 81.5 cm³/mol. The zero-order valence-corrected chi connectivity index (χ0v) is 12.9. The highest BCUT2D eigenvalue weighted by atomic mass is 127.